The summed E-state index contributed by atoms with van der Waals surface area (Å²) in [5, 5.41) is 0. The lowest BCUT2D eigenvalue weighted by molar-refractivity contribution is -0.160. The molecule has 1 aromatic rings. The third-order valence-electron chi connectivity index (χ3n) is 2.82. The van der Waals surface area contributed by atoms with E-state index < -0.39 is 11.9 Å². The summed E-state index contributed by atoms with van der Waals surface area (Å²) in [5.74, 6) is -0.535. The van der Waals surface area contributed by atoms with Gasteiger partial charge < -0.3 is 14.1 Å². The van der Waals surface area contributed by atoms with Crippen LogP contribution >= 0.6 is 0 Å². The second-order valence-electron chi connectivity index (χ2n) is 4.10. The molecule has 0 radical (unpaired) electrons. The molecule has 0 aromatic carbocycles. The van der Waals surface area contributed by atoms with Crippen LogP contribution < -0.4 is 0 Å². The van der Waals surface area contributed by atoms with E-state index in [4.69, 9.17) is 4.42 Å². The Morgan fingerprint density at radius 2 is 2.22 bits per heavy atom. The number of carbonyl (C=O) groups excluding carboxylic acids is 2. The van der Waals surface area contributed by atoms with E-state index in [1.807, 2.05) is 19.1 Å². The van der Waals surface area contributed by atoms with Crippen molar-refractivity contribution in [3.63, 3.8) is 0 Å². The molecule has 1 aromatic heterocycles. The molecule has 100 valence electrons. The van der Waals surface area contributed by atoms with E-state index in [-0.39, 0.29) is 12.6 Å². The standard InChI is InChI=1S/C13H19NO4/c1-4-17-13(16)12(15)14(3)10(2)7-8-11-6-5-9-18-11/h5-6,9-10H,4,7-8H2,1-3H3/t10-/m0/s1. The molecule has 18 heavy (non-hydrogen) atoms. The van der Waals surface area contributed by atoms with E-state index in [0.29, 0.717) is 0 Å². The Kier molecular flexibility index (Phi) is 5.42. The van der Waals surface area contributed by atoms with Gasteiger partial charge in [-0.05, 0) is 32.4 Å². The van der Waals surface area contributed by atoms with Crippen molar-refractivity contribution in [2.24, 2.45) is 0 Å². The average Bonchev–Trinajstić information content (AvgIpc) is 2.87. The van der Waals surface area contributed by atoms with E-state index in [2.05, 4.69) is 4.74 Å². The molecular weight excluding hydrogens is 234 g/mol. The maximum absolute atomic E-state index is 11.7. The first-order valence-electron chi connectivity index (χ1n) is 6.02. The Morgan fingerprint density at radius 1 is 1.50 bits per heavy atom. The SMILES string of the molecule is CCOC(=O)C(=O)N(C)[C@@H](C)CCc1ccco1. The van der Waals surface area contributed by atoms with Crippen LogP contribution in [0.1, 0.15) is 26.0 Å². The van der Waals surface area contributed by atoms with Crippen molar-refractivity contribution in [2.75, 3.05) is 13.7 Å². The zero-order chi connectivity index (χ0) is 13.5. The molecule has 5 nitrogen and oxygen atoms in total. The van der Waals surface area contributed by atoms with E-state index in [1.165, 1.54) is 4.90 Å². The molecule has 0 spiro atoms. The lowest BCUT2D eigenvalue weighted by Crippen LogP contribution is -2.40. The van der Waals surface area contributed by atoms with Crippen LogP contribution in [0.25, 0.3) is 0 Å². The quantitative estimate of drug-likeness (QED) is 0.591. The van der Waals surface area contributed by atoms with Crippen molar-refractivity contribution in [3.8, 4) is 0 Å². The minimum atomic E-state index is -0.801. The van der Waals surface area contributed by atoms with Crippen LogP contribution in [0.15, 0.2) is 22.8 Å². The van der Waals surface area contributed by atoms with Gasteiger partial charge in [-0.3, -0.25) is 4.79 Å². The smallest absolute Gasteiger partial charge is 0.397 e. The summed E-state index contributed by atoms with van der Waals surface area (Å²) < 4.78 is 9.89. The monoisotopic (exact) mass is 253 g/mol. The van der Waals surface area contributed by atoms with Crippen molar-refractivity contribution in [2.45, 2.75) is 32.7 Å². The van der Waals surface area contributed by atoms with Gasteiger partial charge >= 0.3 is 11.9 Å². The Labute approximate surface area is 107 Å². The minimum Gasteiger partial charge on any atom is -0.469 e. The molecule has 0 aliphatic heterocycles. The second kappa shape index (κ2) is 6.83. The number of hydrogen-bond donors (Lipinski definition) is 0. The number of carbonyl (C=O) groups is 2. The second-order valence-corrected chi connectivity index (χ2v) is 4.10. The predicted molar refractivity (Wildman–Crippen MR) is 65.9 cm³/mol. The molecule has 0 saturated carbocycles. The number of furan rings is 1. The number of esters is 1. The van der Waals surface area contributed by atoms with E-state index >= 15 is 0 Å². The molecule has 0 aliphatic carbocycles. The van der Waals surface area contributed by atoms with Gasteiger partial charge in [0.15, 0.2) is 0 Å². The first-order chi connectivity index (χ1) is 8.56. The van der Waals surface area contributed by atoms with E-state index in [1.54, 1.807) is 20.2 Å². The predicted octanol–water partition coefficient (Wildman–Crippen LogP) is 1.62. The summed E-state index contributed by atoms with van der Waals surface area (Å²) in [6.45, 7) is 3.77. The normalized spacial score (nSPS) is 11.9. The first-order valence-corrected chi connectivity index (χ1v) is 6.02. The van der Waals surface area contributed by atoms with Crippen molar-refractivity contribution in [1.29, 1.82) is 0 Å². The average molecular weight is 253 g/mol. The maximum Gasteiger partial charge on any atom is 0.397 e. The van der Waals surface area contributed by atoms with Gasteiger partial charge in [0.1, 0.15) is 5.76 Å². The fourth-order valence-corrected chi connectivity index (χ4v) is 1.54. The van der Waals surface area contributed by atoms with Crippen molar-refractivity contribution < 1.29 is 18.7 Å². The Morgan fingerprint density at radius 3 is 2.78 bits per heavy atom. The van der Waals surface area contributed by atoms with Gasteiger partial charge in [-0.15, -0.1) is 0 Å². The van der Waals surface area contributed by atoms with Gasteiger partial charge in [0.2, 0.25) is 0 Å². The number of rotatable bonds is 5. The van der Waals surface area contributed by atoms with Crippen LogP contribution in [-0.2, 0) is 20.7 Å². The molecule has 0 fully saturated rings. The highest BCUT2D eigenvalue weighted by molar-refractivity contribution is 6.32. The molecular formula is C13H19NO4. The highest BCUT2D eigenvalue weighted by atomic mass is 16.5. The third-order valence-corrected chi connectivity index (χ3v) is 2.82. The number of ether oxygens (including phenoxy) is 1. The van der Waals surface area contributed by atoms with Gasteiger partial charge in [0.25, 0.3) is 0 Å². The molecule has 0 unspecified atom stereocenters. The molecule has 0 N–H and O–H groups in total. The summed E-state index contributed by atoms with van der Waals surface area (Å²) in [6, 6.07) is 3.67. The van der Waals surface area contributed by atoms with Gasteiger partial charge in [-0.1, -0.05) is 0 Å². The highest BCUT2D eigenvalue weighted by Gasteiger charge is 2.23. The Bertz CT molecular complexity index is 386. The molecule has 1 atom stereocenters. The summed E-state index contributed by atoms with van der Waals surface area (Å²) in [5.41, 5.74) is 0. The fraction of sp³-hybridized carbons (Fsp3) is 0.538. The minimum absolute atomic E-state index is 0.0491. The van der Waals surface area contributed by atoms with Crippen molar-refractivity contribution in [1.82, 2.24) is 4.90 Å². The Balaban J connectivity index is 2.42. The summed E-state index contributed by atoms with van der Waals surface area (Å²) >= 11 is 0. The third kappa shape index (κ3) is 3.91. The number of nitrogens with zero attached hydrogens (tertiary/aromatic N) is 1. The summed E-state index contributed by atoms with van der Waals surface area (Å²) in [7, 11) is 1.60. The molecule has 1 rings (SSSR count). The maximum atomic E-state index is 11.7. The van der Waals surface area contributed by atoms with Crippen LogP contribution in [-0.4, -0.2) is 36.5 Å². The van der Waals surface area contributed by atoms with Crippen molar-refractivity contribution in [3.05, 3.63) is 24.2 Å². The van der Waals surface area contributed by atoms with Crippen LogP contribution in [0.4, 0.5) is 0 Å². The number of amides is 1. The van der Waals surface area contributed by atoms with Crippen LogP contribution in [0, 0.1) is 0 Å². The van der Waals surface area contributed by atoms with Gasteiger partial charge in [0.05, 0.1) is 12.9 Å². The summed E-state index contributed by atoms with van der Waals surface area (Å²) in [4.78, 5) is 24.4. The number of hydrogen-bond acceptors (Lipinski definition) is 4. The zero-order valence-corrected chi connectivity index (χ0v) is 11.0. The molecule has 0 saturated heterocycles. The topological polar surface area (TPSA) is 59.8 Å². The van der Waals surface area contributed by atoms with Crippen LogP contribution in [0.3, 0.4) is 0 Å². The van der Waals surface area contributed by atoms with Crippen molar-refractivity contribution >= 4 is 11.9 Å². The number of likely N-dealkylation sites (N-methyl/N-ethyl adjacent to an activating group) is 1. The highest BCUT2D eigenvalue weighted by Crippen LogP contribution is 2.09. The molecule has 0 aliphatic rings. The Hall–Kier alpha value is -1.78. The van der Waals surface area contributed by atoms with E-state index in [0.717, 1.165) is 18.6 Å². The molecule has 1 amide bonds. The molecule has 5 heteroatoms. The summed E-state index contributed by atoms with van der Waals surface area (Å²) in [6.07, 6.45) is 3.08. The fourth-order valence-electron chi connectivity index (χ4n) is 1.54. The lowest BCUT2D eigenvalue weighted by Gasteiger charge is -2.23. The molecule has 0 bridgehead atoms. The zero-order valence-electron chi connectivity index (χ0n) is 11.0. The van der Waals surface area contributed by atoms with Gasteiger partial charge in [-0.2, -0.15) is 0 Å². The first kappa shape index (κ1) is 14.3. The van der Waals surface area contributed by atoms with Crippen LogP contribution in [0.5, 0.6) is 0 Å². The number of aryl methyl sites for hydroxylation is 1. The van der Waals surface area contributed by atoms with Gasteiger partial charge in [0, 0.05) is 19.5 Å². The largest absolute Gasteiger partial charge is 0.469 e. The lowest BCUT2D eigenvalue weighted by atomic mass is 10.1. The van der Waals surface area contributed by atoms with Gasteiger partial charge in [-0.25, -0.2) is 4.79 Å². The molecule has 1 heterocycles. The van der Waals surface area contributed by atoms with E-state index in [9.17, 15) is 9.59 Å². The van der Waals surface area contributed by atoms with Crippen LogP contribution in [0.2, 0.25) is 0 Å².